The third-order valence-corrected chi connectivity index (χ3v) is 1.66. The average molecular weight is 183 g/mol. The minimum absolute atomic E-state index is 0. The summed E-state index contributed by atoms with van der Waals surface area (Å²) in [7, 11) is 0. The van der Waals surface area contributed by atoms with Crippen molar-refractivity contribution in [2.45, 2.75) is 12.6 Å². The number of amides is 1. The molecule has 5 heteroatoms. The lowest BCUT2D eigenvalue weighted by Crippen LogP contribution is -2.34. The van der Waals surface area contributed by atoms with Crippen LogP contribution >= 0.6 is 12.4 Å². The Kier molecular flexibility index (Phi) is 4.37. The molecule has 2 N–H and O–H groups in total. The van der Waals surface area contributed by atoms with E-state index in [9.17, 15) is 9.18 Å². The molecular formula is C6H12ClFN2O. The zero-order valence-corrected chi connectivity index (χ0v) is 6.94. The van der Waals surface area contributed by atoms with Gasteiger partial charge in [-0.25, -0.2) is 4.39 Å². The zero-order chi connectivity index (χ0) is 7.56. The van der Waals surface area contributed by atoms with Crippen LogP contribution < -0.4 is 5.73 Å². The molecule has 1 rings (SSSR count). The zero-order valence-electron chi connectivity index (χ0n) is 6.12. The van der Waals surface area contributed by atoms with E-state index in [-0.39, 0.29) is 31.4 Å². The molecule has 1 heterocycles. The van der Waals surface area contributed by atoms with E-state index in [2.05, 4.69) is 0 Å². The second-order valence-electron chi connectivity index (χ2n) is 2.43. The number of carbonyl (C=O) groups excluding carboxylic acids is 1. The summed E-state index contributed by atoms with van der Waals surface area (Å²) >= 11 is 0. The van der Waals surface area contributed by atoms with E-state index in [0.717, 1.165) is 0 Å². The number of alkyl halides is 1. The van der Waals surface area contributed by atoms with Crippen molar-refractivity contribution in [3.63, 3.8) is 0 Å². The smallest absolute Gasteiger partial charge is 0.236 e. The van der Waals surface area contributed by atoms with E-state index in [1.54, 1.807) is 0 Å². The van der Waals surface area contributed by atoms with Gasteiger partial charge in [-0.15, -0.1) is 12.4 Å². The molecule has 11 heavy (non-hydrogen) atoms. The van der Waals surface area contributed by atoms with Gasteiger partial charge in [-0.05, 0) is 6.42 Å². The van der Waals surface area contributed by atoms with Crippen molar-refractivity contribution in [1.29, 1.82) is 0 Å². The number of nitrogens with two attached hydrogens (primary N) is 1. The topological polar surface area (TPSA) is 46.3 Å². The summed E-state index contributed by atoms with van der Waals surface area (Å²) in [5.41, 5.74) is 5.08. The van der Waals surface area contributed by atoms with Crippen molar-refractivity contribution < 1.29 is 9.18 Å². The first-order chi connectivity index (χ1) is 4.74. The molecule has 0 bridgehead atoms. The first-order valence-corrected chi connectivity index (χ1v) is 3.36. The SMILES string of the molecule is Cl.NCC(=O)N1CCC(F)C1. The average Bonchev–Trinajstić information content (AvgIpc) is 2.34. The van der Waals surface area contributed by atoms with Gasteiger partial charge in [-0.3, -0.25) is 4.79 Å². The van der Waals surface area contributed by atoms with Crippen molar-refractivity contribution in [2.24, 2.45) is 5.73 Å². The van der Waals surface area contributed by atoms with E-state index in [0.29, 0.717) is 13.0 Å². The molecular weight excluding hydrogens is 171 g/mol. The van der Waals surface area contributed by atoms with Crippen LogP contribution in [0.15, 0.2) is 0 Å². The maximum Gasteiger partial charge on any atom is 0.236 e. The maximum absolute atomic E-state index is 12.4. The molecule has 0 saturated carbocycles. The van der Waals surface area contributed by atoms with Gasteiger partial charge >= 0.3 is 0 Å². The van der Waals surface area contributed by atoms with Crippen LogP contribution in [0.3, 0.4) is 0 Å². The van der Waals surface area contributed by atoms with Crippen LogP contribution in [0.25, 0.3) is 0 Å². The molecule has 0 aromatic carbocycles. The highest BCUT2D eigenvalue weighted by Gasteiger charge is 2.24. The predicted molar refractivity (Wildman–Crippen MR) is 42.4 cm³/mol. The largest absolute Gasteiger partial charge is 0.339 e. The number of nitrogens with zero attached hydrogens (tertiary/aromatic N) is 1. The van der Waals surface area contributed by atoms with E-state index in [4.69, 9.17) is 5.73 Å². The van der Waals surface area contributed by atoms with Crippen molar-refractivity contribution >= 4 is 18.3 Å². The molecule has 0 aliphatic carbocycles. The van der Waals surface area contributed by atoms with Gasteiger partial charge in [-0.2, -0.15) is 0 Å². The lowest BCUT2D eigenvalue weighted by molar-refractivity contribution is -0.128. The fourth-order valence-corrected chi connectivity index (χ4v) is 1.07. The van der Waals surface area contributed by atoms with Crippen LogP contribution in [0, 0.1) is 0 Å². The normalized spacial score (nSPS) is 23.1. The molecule has 1 amide bonds. The van der Waals surface area contributed by atoms with Crippen LogP contribution in [0.4, 0.5) is 4.39 Å². The second kappa shape index (κ2) is 4.51. The van der Waals surface area contributed by atoms with E-state index >= 15 is 0 Å². The van der Waals surface area contributed by atoms with Crippen LogP contribution in [0.5, 0.6) is 0 Å². The molecule has 1 aliphatic rings. The summed E-state index contributed by atoms with van der Waals surface area (Å²) in [5.74, 6) is -0.153. The molecule has 1 saturated heterocycles. The van der Waals surface area contributed by atoms with Gasteiger partial charge in [0.15, 0.2) is 0 Å². The molecule has 1 unspecified atom stereocenters. The number of hydrogen-bond acceptors (Lipinski definition) is 2. The Morgan fingerprint density at radius 3 is 2.73 bits per heavy atom. The van der Waals surface area contributed by atoms with E-state index < -0.39 is 6.17 Å². The van der Waals surface area contributed by atoms with Crippen LogP contribution in [-0.4, -0.2) is 36.6 Å². The Hall–Kier alpha value is -0.350. The summed E-state index contributed by atoms with van der Waals surface area (Å²) in [6, 6.07) is 0. The van der Waals surface area contributed by atoms with Crippen molar-refractivity contribution in [3.05, 3.63) is 0 Å². The lowest BCUT2D eigenvalue weighted by Gasteiger charge is -2.12. The minimum atomic E-state index is -0.838. The lowest BCUT2D eigenvalue weighted by atomic mass is 10.3. The number of rotatable bonds is 1. The van der Waals surface area contributed by atoms with Crippen molar-refractivity contribution in [2.75, 3.05) is 19.6 Å². The van der Waals surface area contributed by atoms with Gasteiger partial charge < -0.3 is 10.6 Å². The third-order valence-electron chi connectivity index (χ3n) is 1.66. The summed E-state index contributed by atoms with van der Waals surface area (Å²) in [6.07, 6.45) is -0.373. The van der Waals surface area contributed by atoms with E-state index in [1.807, 2.05) is 0 Å². The molecule has 0 radical (unpaired) electrons. The number of hydrogen-bond donors (Lipinski definition) is 1. The molecule has 3 nitrogen and oxygen atoms in total. The number of carbonyl (C=O) groups is 1. The summed E-state index contributed by atoms with van der Waals surface area (Å²) in [6.45, 7) is 0.750. The summed E-state index contributed by atoms with van der Waals surface area (Å²) in [5, 5.41) is 0. The van der Waals surface area contributed by atoms with E-state index in [1.165, 1.54) is 4.90 Å². The first-order valence-electron chi connectivity index (χ1n) is 3.36. The molecule has 1 fully saturated rings. The van der Waals surface area contributed by atoms with Crippen LogP contribution in [0.1, 0.15) is 6.42 Å². The monoisotopic (exact) mass is 182 g/mol. The van der Waals surface area contributed by atoms with Gasteiger partial charge in [0.1, 0.15) is 6.17 Å². The highest BCUT2D eigenvalue weighted by atomic mass is 35.5. The third kappa shape index (κ3) is 2.63. The fraction of sp³-hybridized carbons (Fsp3) is 0.833. The second-order valence-corrected chi connectivity index (χ2v) is 2.43. The number of likely N-dealkylation sites (tertiary alicyclic amines) is 1. The summed E-state index contributed by atoms with van der Waals surface area (Å²) < 4.78 is 12.4. The number of halogens is 2. The molecule has 0 spiro atoms. The molecule has 66 valence electrons. The van der Waals surface area contributed by atoms with Crippen molar-refractivity contribution in [1.82, 2.24) is 4.90 Å². The van der Waals surface area contributed by atoms with Gasteiger partial charge in [0.25, 0.3) is 0 Å². The van der Waals surface area contributed by atoms with Crippen molar-refractivity contribution in [3.8, 4) is 0 Å². The Bertz CT molecular complexity index is 145. The molecule has 1 atom stereocenters. The Morgan fingerprint density at radius 1 is 1.73 bits per heavy atom. The first kappa shape index (κ1) is 10.7. The minimum Gasteiger partial charge on any atom is -0.339 e. The summed E-state index contributed by atoms with van der Waals surface area (Å²) in [4.78, 5) is 12.3. The molecule has 0 aromatic heterocycles. The Labute approximate surface area is 71.1 Å². The van der Waals surface area contributed by atoms with Gasteiger partial charge in [0.2, 0.25) is 5.91 Å². The highest BCUT2D eigenvalue weighted by molar-refractivity contribution is 5.85. The maximum atomic E-state index is 12.4. The fourth-order valence-electron chi connectivity index (χ4n) is 1.07. The van der Waals surface area contributed by atoms with Gasteiger partial charge in [-0.1, -0.05) is 0 Å². The van der Waals surface area contributed by atoms with Gasteiger partial charge in [0.05, 0.1) is 13.1 Å². The standard InChI is InChI=1S/C6H11FN2O.ClH/c7-5-1-2-9(4-5)6(10)3-8;/h5H,1-4,8H2;1H. The quantitative estimate of drug-likeness (QED) is 0.618. The Morgan fingerprint density at radius 2 is 2.36 bits per heavy atom. The molecule has 1 aliphatic heterocycles. The van der Waals surface area contributed by atoms with Crippen LogP contribution in [-0.2, 0) is 4.79 Å². The highest BCUT2D eigenvalue weighted by Crippen LogP contribution is 2.11. The molecule has 0 aromatic rings. The Balaban J connectivity index is 0.000001000. The van der Waals surface area contributed by atoms with Crippen LogP contribution in [0.2, 0.25) is 0 Å². The van der Waals surface area contributed by atoms with Gasteiger partial charge in [0, 0.05) is 6.54 Å². The predicted octanol–water partition coefficient (Wildman–Crippen LogP) is -0.0627.